The van der Waals surface area contributed by atoms with E-state index in [0.717, 1.165) is 12.1 Å². The van der Waals surface area contributed by atoms with E-state index in [1.54, 1.807) is 0 Å². The Labute approximate surface area is 104 Å². The van der Waals surface area contributed by atoms with Crippen LogP contribution < -0.4 is 0 Å². The molecule has 96 valence electrons. The molecule has 1 aromatic rings. The molecule has 3 atom stereocenters. The van der Waals surface area contributed by atoms with Crippen LogP contribution in [0.1, 0.15) is 57.0 Å². The Hall–Kier alpha value is -0.830. The molecule has 1 fully saturated rings. The molecule has 0 radical (unpaired) electrons. The van der Waals surface area contributed by atoms with Gasteiger partial charge in [0, 0.05) is 5.69 Å². The normalized spacial score (nSPS) is 26.4. The monoisotopic (exact) mass is 236 g/mol. The fourth-order valence-corrected chi connectivity index (χ4v) is 2.72. The lowest BCUT2D eigenvalue weighted by Crippen LogP contribution is -2.27. The third kappa shape index (κ3) is 2.71. The van der Waals surface area contributed by atoms with Crippen molar-refractivity contribution in [3.8, 4) is 0 Å². The Kier molecular flexibility index (Phi) is 3.87. The molecule has 17 heavy (non-hydrogen) atoms. The molecule has 2 rings (SSSR count). The van der Waals surface area contributed by atoms with Crippen LogP contribution in [-0.4, -0.2) is 22.0 Å². The lowest BCUT2D eigenvalue weighted by molar-refractivity contribution is -0.0227. The first-order chi connectivity index (χ1) is 8.11. The Balaban J connectivity index is 2.11. The molecular formula is C14H24N2O. The van der Waals surface area contributed by atoms with Crippen LogP contribution in [0.5, 0.6) is 0 Å². The van der Waals surface area contributed by atoms with Gasteiger partial charge in [-0.15, -0.1) is 0 Å². The van der Waals surface area contributed by atoms with Crippen molar-refractivity contribution in [1.82, 2.24) is 9.78 Å². The standard InChI is InChI=1S/C14H24N2O/c1-5-12(4)17-14-8-6-7-13(14)16-11(3)9-10(2)15-16/h9,12-14H,5-8H2,1-4H3. The van der Waals surface area contributed by atoms with Gasteiger partial charge in [0.15, 0.2) is 0 Å². The molecule has 0 N–H and O–H groups in total. The Morgan fingerprint density at radius 1 is 1.47 bits per heavy atom. The summed E-state index contributed by atoms with van der Waals surface area (Å²) in [6.45, 7) is 8.54. The molecule has 3 unspecified atom stereocenters. The minimum Gasteiger partial charge on any atom is -0.373 e. The molecule has 0 aliphatic heterocycles. The van der Waals surface area contributed by atoms with Gasteiger partial charge in [-0.25, -0.2) is 0 Å². The first-order valence-corrected chi connectivity index (χ1v) is 6.80. The second-order valence-corrected chi connectivity index (χ2v) is 5.26. The maximum Gasteiger partial charge on any atom is 0.0802 e. The van der Waals surface area contributed by atoms with Crippen molar-refractivity contribution >= 4 is 0 Å². The molecule has 0 aromatic carbocycles. The number of hydrogen-bond acceptors (Lipinski definition) is 2. The minimum absolute atomic E-state index is 0.350. The van der Waals surface area contributed by atoms with Crippen molar-refractivity contribution in [3.63, 3.8) is 0 Å². The third-order valence-electron chi connectivity index (χ3n) is 3.76. The van der Waals surface area contributed by atoms with Crippen LogP contribution in [0.15, 0.2) is 6.07 Å². The van der Waals surface area contributed by atoms with E-state index in [-0.39, 0.29) is 0 Å². The highest BCUT2D eigenvalue weighted by atomic mass is 16.5. The van der Waals surface area contributed by atoms with Gasteiger partial charge in [-0.2, -0.15) is 5.10 Å². The zero-order valence-corrected chi connectivity index (χ0v) is 11.4. The highest BCUT2D eigenvalue weighted by Crippen LogP contribution is 2.34. The van der Waals surface area contributed by atoms with Crippen molar-refractivity contribution in [2.24, 2.45) is 0 Å². The molecule has 0 amide bonds. The smallest absolute Gasteiger partial charge is 0.0802 e. The van der Waals surface area contributed by atoms with Gasteiger partial charge >= 0.3 is 0 Å². The quantitative estimate of drug-likeness (QED) is 0.801. The highest BCUT2D eigenvalue weighted by molar-refractivity contribution is 5.08. The van der Waals surface area contributed by atoms with Gasteiger partial charge in [0.25, 0.3) is 0 Å². The van der Waals surface area contributed by atoms with Crippen molar-refractivity contribution in [3.05, 3.63) is 17.5 Å². The molecule has 1 aromatic heterocycles. The largest absolute Gasteiger partial charge is 0.373 e. The van der Waals surface area contributed by atoms with Gasteiger partial charge in [-0.3, -0.25) is 4.68 Å². The zero-order valence-electron chi connectivity index (χ0n) is 11.4. The topological polar surface area (TPSA) is 27.1 Å². The zero-order chi connectivity index (χ0) is 12.4. The molecule has 1 heterocycles. The van der Waals surface area contributed by atoms with E-state index < -0.39 is 0 Å². The van der Waals surface area contributed by atoms with Crippen molar-refractivity contribution in [1.29, 1.82) is 0 Å². The summed E-state index contributed by atoms with van der Waals surface area (Å²) in [5.41, 5.74) is 2.36. The van der Waals surface area contributed by atoms with Gasteiger partial charge < -0.3 is 4.74 Å². The molecule has 0 bridgehead atoms. The van der Waals surface area contributed by atoms with Gasteiger partial charge in [0.2, 0.25) is 0 Å². The van der Waals surface area contributed by atoms with Crippen LogP contribution in [0.3, 0.4) is 0 Å². The van der Waals surface area contributed by atoms with E-state index in [9.17, 15) is 0 Å². The lowest BCUT2D eigenvalue weighted by Gasteiger charge is -2.24. The molecule has 1 aliphatic carbocycles. The molecular weight excluding hydrogens is 212 g/mol. The number of aromatic nitrogens is 2. The van der Waals surface area contributed by atoms with Gasteiger partial charge in [0.05, 0.1) is 23.9 Å². The maximum atomic E-state index is 6.13. The van der Waals surface area contributed by atoms with Crippen LogP contribution in [0.25, 0.3) is 0 Å². The summed E-state index contributed by atoms with van der Waals surface area (Å²) in [7, 11) is 0. The Morgan fingerprint density at radius 2 is 2.24 bits per heavy atom. The first-order valence-electron chi connectivity index (χ1n) is 6.80. The molecule has 3 nitrogen and oxygen atoms in total. The van der Waals surface area contributed by atoms with Crippen molar-refractivity contribution in [2.45, 2.75) is 71.6 Å². The SMILES string of the molecule is CCC(C)OC1CCCC1n1nc(C)cc1C. The summed E-state index contributed by atoms with van der Waals surface area (Å²) >= 11 is 0. The van der Waals surface area contributed by atoms with Gasteiger partial charge in [-0.1, -0.05) is 6.92 Å². The second kappa shape index (κ2) is 5.21. The van der Waals surface area contributed by atoms with Crippen LogP contribution in [0.2, 0.25) is 0 Å². The fourth-order valence-electron chi connectivity index (χ4n) is 2.72. The van der Waals surface area contributed by atoms with E-state index in [4.69, 9.17) is 4.74 Å². The summed E-state index contributed by atoms with van der Waals surface area (Å²) in [6.07, 6.45) is 5.42. The number of ether oxygens (including phenoxy) is 1. The molecule has 1 aliphatic rings. The second-order valence-electron chi connectivity index (χ2n) is 5.26. The van der Waals surface area contributed by atoms with E-state index in [0.29, 0.717) is 18.2 Å². The first kappa shape index (κ1) is 12.6. The van der Waals surface area contributed by atoms with E-state index >= 15 is 0 Å². The summed E-state index contributed by atoms with van der Waals surface area (Å²) in [6, 6.07) is 2.59. The predicted molar refractivity (Wildman–Crippen MR) is 69.2 cm³/mol. The summed E-state index contributed by atoms with van der Waals surface area (Å²) < 4.78 is 8.31. The van der Waals surface area contributed by atoms with Crippen molar-refractivity contribution < 1.29 is 4.74 Å². The number of rotatable bonds is 4. The average molecular weight is 236 g/mol. The highest BCUT2D eigenvalue weighted by Gasteiger charge is 2.31. The van der Waals surface area contributed by atoms with Gasteiger partial charge in [0.1, 0.15) is 0 Å². The number of nitrogens with zero attached hydrogens (tertiary/aromatic N) is 2. The molecule has 1 saturated carbocycles. The lowest BCUT2D eigenvalue weighted by atomic mass is 10.2. The Bertz CT molecular complexity index is 372. The van der Waals surface area contributed by atoms with Crippen molar-refractivity contribution in [2.75, 3.05) is 0 Å². The Morgan fingerprint density at radius 3 is 2.82 bits per heavy atom. The fraction of sp³-hybridized carbons (Fsp3) is 0.786. The maximum absolute atomic E-state index is 6.13. The van der Waals surface area contributed by atoms with Gasteiger partial charge in [-0.05, 0) is 52.5 Å². The molecule has 0 spiro atoms. The van der Waals surface area contributed by atoms with Crippen LogP contribution in [0, 0.1) is 13.8 Å². The van der Waals surface area contributed by atoms with E-state index in [1.807, 2.05) is 0 Å². The van der Waals surface area contributed by atoms with Crippen LogP contribution in [-0.2, 0) is 4.74 Å². The van der Waals surface area contributed by atoms with Crippen LogP contribution in [0.4, 0.5) is 0 Å². The summed E-state index contributed by atoms with van der Waals surface area (Å²) in [5, 5.41) is 4.61. The molecule has 3 heteroatoms. The minimum atomic E-state index is 0.350. The average Bonchev–Trinajstić information content (AvgIpc) is 2.85. The van der Waals surface area contributed by atoms with E-state index in [2.05, 4.69) is 43.5 Å². The molecule has 0 saturated heterocycles. The summed E-state index contributed by atoms with van der Waals surface area (Å²) in [5.74, 6) is 0. The summed E-state index contributed by atoms with van der Waals surface area (Å²) in [4.78, 5) is 0. The predicted octanol–water partition coefficient (Wildman–Crippen LogP) is 3.41. The van der Waals surface area contributed by atoms with E-state index in [1.165, 1.54) is 25.0 Å². The van der Waals surface area contributed by atoms with Crippen LogP contribution >= 0.6 is 0 Å². The third-order valence-corrected chi connectivity index (χ3v) is 3.76. The number of hydrogen-bond donors (Lipinski definition) is 0. The number of aryl methyl sites for hydroxylation is 2.